The molecule has 1 aromatic carbocycles. The minimum Gasteiger partial charge on any atom is -0.380 e. The van der Waals surface area contributed by atoms with Crippen molar-refractivity contribution in [2.75, 3.05) is 20.8 Å². The molecule has 1 aromatic rings. The van der Waals surface area contributed by atoms with E-state index in [1.165, 1.54) is 14.2 Å². The van der Waals surface area contributed by atoms with Gasteiger partial charge in [0.15, 0.2) is 18.2 Å². The van der Waals surface area contributed by atoms with E-state index in [2.05, 4.69) is 0 Å². The minimum atomic E-state index is -1.34. The fraction of sp³-hybridized carbons (Fsp3) is 0.462. The number of methoxy groups -OCH3 is 2. The molecule has 1 rings (SSSR count). The number of carbonyl (C=O) groups excluding carboxylic acids is 1. The van der Waals surface area contributed by atoms with Gasteiger partial charge in [-0.1, -0.05) is 30.3 Å². The van der Waals surface area contributed by atoms with Gasteiger partial charge in [-0.3, -0.25) is 4.79 Å². The number of aliphatic hydroxyl groups is 1. The Morgan fingerprint density at radius 2 is 1.83 bits per heavy atom. The average Bonchev–Trinajstić information content (AvgIpc) is 2.41. The predicted molar refractivity (Wildman–Crippen MR) is 64.9 cm³/mol. The molecule has 0 spiro atoms. The number of rotatable bonds is 8. The van der Waals surface area contributed by atoms with E-state index in [9.17, 15) is 9.90 Å². The van der Waals surface area contributed by atoms with Gasteiger partial charge in [-0.2, -0.15) is 0 Å². The Bertz CT molecular complexity index is 348. The number of ether oxygens (including phenoxy) is 3. The fourth-order valence-electron chi connectivity index (χ4n) is 1.43. The normalized spacial score (nSPS) is 12.7. The summed E-state index contributed by atoms with van der Waals surface area (Å²) in [7, 11) is 2.71. The summed E-state index contributed by atoms with van der Waals surface area (Å²) in [6.07, 6.45) is -2.30. The van der Waals surface area contributed by atoms with Gasteiger partial charge in [0.05, 0.1) is 6.61 Å². The van der Waals surface area contributed by atoms with E-state index in [-0.39, 0.29) is 6.61 Å². The first kappa shape index (κ1) is 14.8. The number of hydrogen-bond donors (Lipinski definition) is 1. The van der Waals surface area contributed by atoms with Crippen LogP contribution in [0, 0.1) is 0 Å². The topological polar surface area (TPSA) is 65.0 Å². The third-order valence-corrected chi connectivity index (χ3v) is 2.41. The van der Waals surface area contributed by atoms with Gasteiger partial charge in [0.2, 0.25) is 0 Å². The molecule has 1 atom stereocenters. The van der Waals surface area contributed by atoms with Gasteiger partial charge < -0.3 is 19.3 Å². The molecule has 0 aromatic heterocycles. The number of carbonyl (C=O) groups is 1. The van der Waals surface area contributed by atoms with Crippen molar-refractivity contribution in [2.45, 2.75) is 19.0 Å². The van der Waals surface area contributed by atoms with E-state index in [4.69, 9.17) is 14.2 Å². The number of ketones is 1. The van der Waals surface area contributed by atoms with Crippen molar-refractivity contribution in [1.82, 2.24) is 0 Å². The molecular formula is C13H18O5. The van der Waals surface area contributed by atoms with E-state index in [1.807, 2.05) is 30.3 Å². The van der Waals surface area contributed by atoms with Crippen LogP contribution in [-0.4, -0.2) is 44.1 Å². The highest BCUT2D eigenvalue weighted by Gasteiger charge is 2.25. The molecule has 100 valence electrons. The molecule has 0 aliphatic heterocycles. The van der Waals surface area contributed by atoms with Crippen LogP contribution in [0.2, 0.25) is 0 Å². The third-order valence-electron chi connectivity index (χ3n) is 2.41. The lowest BCUT2D eigenvalue weighted by molar-refractivity contribution is -0.177. The standard InChI is InChI=1S/C13H18O5/c1-16-13(17-2)12(15)11(14)9-18-8-10-6-4-3-5-7-10/h3-7,12-13,15H,8-9H2,1-2H3/t12-/m0/s1. The molecule has 0 radical (unpaired) electrons. The second kappa shape index (κ2) is 7.94. The Morgan fingerprint density at radius 1 is 1.22 bits per heavy atom. The summed E-state index contributed by atoms with van der Waals surface area (Å²) in [6, 6.07) is 9.48. The van der Waals surface area contributed by atoms with Gasteiger partial charge >= 0.3 is 0 Å². The Labute approximate surface area is 106 Å². The molecule has 1 N–H and O–H groups in total. The fourth-order valence-corrected chi connectivity index (χ4v) is 1.43. The molecule has 0 saturated carbocycles. The summed E-state index contributed by atoms with van der Waals surface area (Å²) < 4.78 is 14.8. The molecule has 5 nitrogen and oxygen atoms in total. The largest absolute Gasteiger partial charge is 0.380 e. The van der Waals surface area contributed by atoms with Crippen molar-refractivity contribution in [2.24, 2.45) is 0 Å². The van der Waals surface area contributed by atoms with Crippen molar-refractivity contribution in [1.29, 1.82) is 0 Å². The minimum absolute atomic E-state index is 0.181. The quantitative estimate of drug-likeness (QED) is 0.694. The summed E-state index contributed by atoms with van der Waals surface area (Å²) in [4.78, 5) is 11.6. The van der Waals surface area contributed by atoms with Crippen molar-refractivity contribution < 1.29 is 24.1 Å². The molecule has 0 heterocycles. The second-order valence-electron chi connectivity index (χ2n) is 3.73. The van der Waals surface area contributed by atoms with E-state index in [0.717, 1.165) is 5.56 Å². The lowest BCUT2D eigenvalue weighted by atomic mass is 10.2. The SMILES string of the molecule is COC(OC)[C@@H](O)C(=O)COCc1ccccc1. The third kappa shape index (κ3) is 4.54. The zero-order chi connectivity index (χ0) is 13.4. The van der Waals surface area contributed by atoms with Crippen LogP contribution in [0.25, 0.3) is 0 Å². The smallest absolute Gasteiger partial charge is 0.192 e. The number of aliphatic hydroxyl groups excluding tert-OH is 1. The molecule has 0 aliphatic carbocycles. The van der Waals surface area contributed by atoms with Crippen LogP contribution in [-0.2, 0) is 25.6 Å². The first-order valence-corrected chi connectivity index (χ1v) is 5.57. The molecule has 0 aliphatic rings. The predicted octanol–water partition coefficient (Wildman–Crippen LogP) is 0.752. The van der Waals surface area contributed by atoms with E-state index in [1.54, 1.807) is 0 Å². The molecular weight excluding hydrogens is 236 g/mol. The maximum absolute atomic E-state index is 11.6. The Hall–Kier alpha value is -1.27. The maximum atomic E-state index is 11.6. The van der Waals surface area contributed by atoms with Crippen LogP contribution < -0.4 is 0 Å². The zero-order valence-corrected chi connectivity index (χ0v) is 10.5. The van der Waals surface area contributed by atoms with Gasteiger partial charge in [0, 0.05) is 14.2 Å². The van der Waals surface area contributed by atoms with E-state index >= 15 is 0 Å². The van der Waals surface area contributed by atoms with E-state index < -0.39 is 18.2 Å². The van der Waals surface area contributed by atoms with Crippen LogP contribution in [0.5, 0.6) is 0 Å². The van der Waals surface area contributed by atoms with Crippen molar-refractivity contribution in [3.63, 3.8) is 0 Å². The molecule has 0 saturated heterocycles. The molecule has 0 unspecified atom stereocenters. The first-order chi connectivity index (χ1) is 8.69. The van der Waals surface area contributed by atoms with E-state index in [0.29, 0.717) is 6.61 Å². The second-order valence-corrected chi connectivity index (χ2v) is 3.73. The van der Waals surface area contributed by atoms with Gasteiger partial charge in [-0.05, 0) is 5.56 Å². The maximum Gasteiger partial charge on any atom is 0.192 e. The summed E-state index contributed by atoms with van der Waals surface area (Å²) in [5.74, 6) is -0.473. The monoisotopic (exact) mass is 254 g/mol. The summed E-state index contributed by atoms with van der Waals surface area (Å²) in [5, 5.41) is 9.60. The number of Topliss-reactive ketones (excluding diaryl/α,β-unsaturated/α-hetero) is 1. The molecule has 5 heteroatoms. The molecule has 18 heavy (non-hydrogen) atoms. The highest BCUT2D eigenvalue weighted by atomic mass is 16.7. The molecule has 0 fully saturated rings. The summed E-state index contributed by atoms with van der Waals surface area (Å²) >= 11 is 0. The lowest BCUT2D eigenvalue weighted by Crippen LogP contribution is -2.38. The average molecular weight is 254 g/mol. The highest BCUT2D eigenvalue weighted by Crippen LogP contribution is 2.04. The van der Waals surface area contributed by atoms with Crippen LogP contribution in [0.4, 0.5) is 0 Å². The summed E-state index contributed by atoms with van der Waals surface area (Å²) in [5.41, 5.74) is 0.967. The lowest BCUT2D eigenvalue weighted by Gasteiger charge is -2.18. The first-order valence-electron chi connectivity index (χ1n) is 5.57. The Kier molecular flexibility index (Phi) is 6.53. The number of hydrogen-bond acceptors (Lipinski definition) is 5. The van der Waals surface area contributed by atoms with Gasteiger partial charge in [-0.15, -0.1) is 0 Å². The van der Waals surface area contributed by atoms with Gasteiger partial charge in [0.25, 0.3) is 0 Å². The van der Waals surface area contributed by atoms with Crippen molar-refractivity contribution in [3.8, 4) is 0 Å². The van der Waals surface area contributed by atoms with Crippen LogP contribution in [0.1, 0.15) is 5.56 Å². The zero-order valence-electron chi connectivity index (χ0n) is 10.5. The Morgan fingerprint density at radius 3 is 2.39 bits per heavy atom. The number of benzene rings is 1. The van der Waals surface area contributed by atoms with Crippen molar-refractivity contribution in [3.05, 3.63) is 35.9 Å². The molecule has 0 amide bonds. The van der Waals surface area contributed by atoms with Crippen LogP contribution in [0.15, 0.2) is 30.3 Å². The van der Waals surface area contributed by atoms with Gasteiger partial charge in [-0.25, -0.2) is 0 Å². The van der Waals surface area contributed by atoms with Crippen LogP contribution >= 0.6 is 0 Å². The summed E-state index contributed by atoms with van der Waals surface area (Å²) in [6.45, 7) is 0.142. The molecule has 0 bridgehead atoms. The van der Waals surface area contributed by atoms with Crippen LogP contribution in [0.3, 0.4) is 0 Å². The highest BCUT2D eigenvalue weighted by molar-refractivity contribution is 5.84. The van der Waals surface area contributed by atoms with Crippen molar-refractivity contribution >= 4 is 5.78 Å². The van der Waals surface area contributed by atoms with Gasteiger partial charge in [0.1, 0.15) is 6.61 Å². The Balaban J connectivity index is 2.33.